The molecule has 0 aliphatic heterocycles. The molecule has 0 N–H and O–H groups in total. The van der Waals surface area contributed by atoms with Gasteiger partial charge in [0.1, 0.15) is 30.9 Å². The van der Waals surface area contributed by atoms with Crippen molar-refractivity contribution in [3.05, 3.63) is 92.7 Å². The lowest BCUT2D eigenvalue weighted by Crippen LogP contribution is -1.79. The summed E-state index contributed by atoms with van der Waals surface area (Å²) in [6.45, 7) is 16.1. The standard InChI is InChI=1S/C23H12N4S2/c1-15-10-21(20-9-8-19(28-20)12-22(26-2)27-3)29-23(15)18-6-4-16(5-7-18)11-17(13-24)14-25/h4-12H,1H3. The van der Waals surface area contributed by atoms with Crippen LogP contribution in [0.25, 0.3) is 42.0 Å². The van der Waals surface area contributed by atoms with Crippen molar-refractivity contribution < 1.29 is 0 Å². The van der Waals surface area contributed by atoms with Crippen molar-refractivity contribution in [1.82, 2.24) is 0 Å². The molecule has 0 spiro atoms. The number of thiophene rings is 2. The second-order valence-corrected chi connectivity index (χ2v) is 8.12. The third-order valence-corrected chi connectivity index (χ3v) is 6.53. The summed E-state index contributed by atoms with van der Waals surface area (Å²) in [6.07, 6.45) is 3.18. The largest absolute Gasteiger partial charge is 0.520 e. The minimum atomic E-state index is 0.0616. The number of hydrogen-bond acceptors (Lipinski definition) is 4. The Bertz CT molecular complexity index is 1260. The van der Waals surface area contributed by atoms with Crippen molar-refractivity contribution in [3.63, 3.8) is 0 Å². The van der Waals surface area contributed by atoms with Crippen LogP contribution in [-0.4, -0.2) is 0 Å². The fraction of sp³-hybridized carbons (Fsp3) is 0.0435. The van der Waals surface area contributed by atoms with E-state index in [2.05, 4.69) is 22.7 Å². The van der Waals surface area contributed by atoms with Crippen LogP contribution in [0.5, 0.6) is 0 Å². The molecule has 4 nitrogen and oxygen atoms in total. The molecule has 136 valence electrons. The molecule has 0 saturated heterocycles. The Morgan fingerprint density at radius 1 is 0.931 bits per heavy atom. The number of aryl methyl sites for hydroxylation is 1. The van der Waals surface area contributed by atoms with E-state index in [0.717, 1.165) is 36.2 Å². The van der Waals surface area contributed by atoms with E-state index in [1.165, 1.54) is 0 Å². The van der Waals surface area contributed by atoms with Gasteiger partial charge >= 0.3 is 5.82 Å². The lowest BCUT2D eigenvalue weighted by molar-refractivity contribution is 1.47. The highest BCUT2D eigenvalue weighted by Crippen LogP contribution is 2.40. The fourth-order valence-electron chi connectivity index (χ4n) is 2.66. The third kappa shape index (κ3) is 4.49. The second kappa shape index (κ2) is 8.83. The van der Waals surface area contributed by atoms with Gasteiger partial charge in [-0.3, -0.25) is 0 Å². The maximum Gasteiger partial charge on any atom is 0.520 e. The molecule has 3 rings (SSSR count). The summed E-state index contributed by atoms with van der Waals surface area (Å²) in [7, 11) is 0. The number of nitriles is 2. The second-order valence-electron chi connectivity index (χ2n) is 5.95. The van der Waals surface area contributed by atoms with E-state index in [1.54, 1.807) is 34.8 Å². The Morgan fingerprint density at radius 2 is 1.62 bits per heavy atom. The number of benzene rings is 1. The molecule has 0 aliphatic carbocycles. The molecule has 0 unspecified atom stereocenters. The molecule has 0 radical (unpaired) electrons. The molecule has 6 heteroatoms. The Hall–Kier alpha value is -3.94. The quantitative estimate of drug-likeness (QED) is 0.344. The van der Waals surface area contributed by atoms with Gasteiger partial charge in [0.15, 0.2) is 0 Å². The van der Waals surface area contributed by atoms with Crippen molar-refractivity contribution in [2.24, 2.45) is 0 Å². The predicted octanol–water partition coefficient (Wildman–Crippen LogP) is 7.02. The molecule has 2 aromatic heterocycles. The zero-order chi connectivity index (χ0) is 20.8. The average Bonchev–Trinajstić information content (AvgIpc) is 3.37. The predicted molar refractivity (Wildman–Crippen MR) is 118 cm³/mol. The summed E-state index contributed by atoms with van der Waals surface area (Å²) in [5.41, 5.74) is 3.13. The van der Waals surface area contributed by atoms with E-state index in [-0.39, 0.29) is 11.4 Å². The molecule has 2 heterocycles. The zero-order valence-electron chi connectivity index (χ0n) is 15.3. The van der Waals surface area contributed by atoms with Crippen LogP contribution in [0.1, 0.15) is 16.0 Å². The minimum Gasteiger partial charge on any atom is -0.192 e. The lowest BCUT2D eigenvalue weighted by Gasteiger charge is -2.01. The first-order valence-electron chi connectivity index (χ1n) is 8.37. The summed E-state index contributed by atoms with van der Waals surface area (Å²) in [6, 6.07) is 17.6. The zero-order valence-corrected chi connectivity index (χ0v) is 16.9. The van der Waals surface area contributed by atoms with E-state index in [9.17, 15) is 0 Å². The summed E-state index contributed by atoms with van der Waals surface area (Å²) < 4.78 is 0. The van der Waals surface area contributed by atoms with E-state index >= 15 is 0 Å². The number of rotatable bonds is 4. The molecule has 29 heavy (non-hydrogen) atoms. The molecule has 0 saturated carbocycles. The first kappa shape index (κ1) is 19.8. The van der Waals surface area contributed by atoms with Crippen LogP contribution < -0.4 is 0 Å². The van der Waals surface area contributed by atoms with Crippen LogP contribution in [0.3, 0.4) is 0 Å². The maximum absolute atomic E-state index is 8.87. The van der Waals surface area contributed by atoms with Crippen molar-refractivity contribution in [1.29, 1.82) is 10.5 Å². The van der Waals surface area contributed by atoms with Gasteiger partial charge in [-0.1, -0.05) is 24.3 Å². The highest BCUT2D eigenvalue weighted by molar-refractivity contribution is 7.24. The van der Waals surface area contributed by atoms with E-state index in [1.807, 2.05) is 48.5 Å². The smallest absolute Gasteiger partial charge is 0.192 e. The van der Waals surface area contributed by atoms with Crippen molar-refractivity contribution in [3.8, 4) is 32.3 Å². The van der Waals surface area contributed by atoms with Gasteiger partial charge in [-0.2, -0.15) is 20.2 Å². The van der Waals surface area contributed by atoms with Gasteiger partial charge < -0.3 is 0 Å². The molecular formula is C23H12N4S2. The van der Waals surface area contributed by atoms with Crippen LogP contribution in [-0.2, 0) is 0 Å². The molecule has 0 bridgehead atoms. The third-order valence-electron chi connectivity index (χ3n) is 4.01. The van der Waals surface area contributed by atoms with Gasteiger partial charge in [-0.05, 0) is 47.9 Å². The highest BCUT2D eigenvalue weighted by atomic mass is 32.1. The van der Waals surface area contributed by atoms with Crippen LogP contribution in [0.2, 0.25) is 0 Å². The molecule has 0 atom stereocenters. The Kier molecular flexibility index (Phi) is 6.03. The van der Waals surface area contributed by atoms with Gasteiger partial charge in [0, 0.05) is 25.6 Å². The Balaban J connectivity index is 1.90. The summed E-state index contributed by atoms with van der Waals surface area (Å²) >= 11 is 3.24. The van der Waals surface area contributed by atoms with Crippen LogP contribution in [0.4, 0.5) is 0 Å². The van der Waals surface area contributed by atoms with Gasteiger partial charge in [-0.15, -0.1) is 22.7 Å². The van der Waals surface area contributed by atoms with Crippen LogP contribution in [0.15, 0.2) is 53.9 Å². The summed E-state index contributed by atoms with van der Waals surface area (Å²) in [4.78, 5) is 10.7. The first-order valence-corrected chi connectivity index (χ1v) is 10.0. The Morgan fingerprint density at radius 3 is 2.24 bits per heavy atom. The van der Waals surface area contributed by atoms with Crippen molar-refractivity contribution in [2.75, 3.05) is 0 Å². The molecule has 0 amide bonds. The molecular weight excluding hydrogens is 396 g/mol. The first-order chi connectivity index (χ1) is 14.1. The Labute approximate surface area is 177 Å². The molecule has 0 aliphatic rings. The normalized spacial score (nSPS) is 9.41. The summed E-state index contributed by atoms with van der Waals surface area (Å²) in [5.74, 6) is 0.0616. The topological polar surface area (TPSA) is 56.3 Å². The number of nitrogens with zero attached hydrogens (tertiary/aromatic N) is 4. The fourth-order valence-corrected chi connectivity index (χ4v) is 4.85. The monoisotopic (exact) mass is 408 g/mol. The van der Waals surface area contributed by atoms with Crippen molar-refractivity contribution in [2.45, 2.75) is 6.92 Å². The number of hydrogen-bond donors (Lipinski definition) is 0. The van der Waals surface area contributed by atoms with E-state index in [4.69, 9.17) is 23.7 Å². The van der Waals surface area contributed by atoms with Gasteiger partial charge in [0.25, 0.3) is 0 Å². The molecule has 1 aromatic carbocycles. The summed E-state index contributed by atoms with van der Waals surface area (Å²) in [5, 5.41) is 17.7. The SMILES string of the molecule is [C-]#[N+]C(=Cc1ccc(-c2cc(C)c(-c3ccc(C=C(C#N)C#N)cc3)s2)s1)[N+]#[C-]. The van der Waals surface area contributed by atoms with Crippen LogP contribution in [0, 0.1) is 42.7 Å². The van der Waals surface area contributed by atoms with Crippen LogP contribution >= 0.6 is 22.7 Å². The minimum absolute atomic E-state index is 0.0616. The number of allylic oxidation sites excluding steroid dienone is 1. The highest BCUT2D eigenvalue weighted by Gasteiger charge is 2.12. The average molecular weight is 409 g/mol. The lowest BCUT2D eigenvalue weighted by atomic mass is 10.1. The molecule has 3 aromatic rings. The van der Waals surface area contributed by atoms with Gasteiger partial charge in [0.05, 0.1) is 0 Å². The van der Waals surface area contributed by atoms with Gasteiger partial charge in [-0.25, -0.2) is 0 Å². The van der Waals surface area contributed by atoms with Crippen molar-refractivity contribution >= 4 is 34.8 Å². The van der Waals surface area contributed by atoms with E-state index < -0.39 is 0 Å². The maximum atomic E-state index is 8.87. The van der Waals surface area contributed by atoms with E-state index in [0.29, 0.717) is 0 Å². The van der Waals surface area contributed by atoms with Gasteiger partial charge in [0.2, 0.25) is 0 Å². The molecule has 0 fully saturated rings.